The minimum atomic E-state index is -3.81. The van der Waals surface area contributed by atoms with E-state index >= 15 is 0 Å². The molecule has 0 unspecified atom stereocenters. The molecule has 1 saturated carbocycles. The number of pyridine rings is 1. The number of nitrogens with one attached hydrogen (secondary N) is 2. The summed E-state index contributed by atoms with van der Waals surface area (Å²) < 4.78 is 53.4. The molecule has 0 atom stereocenters. The fourth-order valence-electron chi connectivity index (χ4n) is 3.48. The fraction of sp³-hybridized carbons (Fsp3) is 0.316. The van der Waals surface area contributed by atoms with Gasteiger partial charge in [-0.05, 0) is 37.1 Å². The van der Waals surface area contributed by atoms with Crippen LogP contribution < -0.4 is 5.32 Å². The van der Waals surface area contributed by atoms with Crippen LogP contribution in [-0.4, -0.2) is 30.4 Å². The van der Waals surface area contributed by atoms with E-state index in [1.165, 1.54) is 12.1 Å². The lowest BCUT2D eigenvalue weighted by Crippen LogP contribution is -2.32. The number of anilines is 1. The van der Waals surface area contributed by atoms with Gasteiger partial charge in [-0.2, -0.15) is 0 Å². The molecule has 0 aliphatic heterocycles. The largest absolute Gasteiger partial charge is 0.368 e. The van der Waals surface area contributed by atoms with Gasteiger partial charge in [0.2, 0.25) is 15.8 Å². The van der Waals surface area contributed by atoms with E-state index in [0.717, 1.165) is 0 Å². The molecule has 0 amide bonds. The highest BCUT2D eigenvalue weighted by Crippen LogP contribution is 2.38. The first-order valence-corrected chi connectivity index (χ1v) is 10.3. The van der Waals surface area contributed by atoms with E-state index in [4.69, 9.17) is 0 Å². The molecule has 1 aliphatic carbocycles. The Balaban J connectivity index is 1.77. The van der Waals surface area contributed by atoms with E-state index in [1.54, 1.807) is 36.5 Å². The van der Waals surface area contributed by atoms with Crippen molar-refractivity contribution in [3.63, 3.8) is 0 Å². The maximum absolute atomic E-state index is 13.4. The Bertz CT molecular complexity index is 1060. The van der Waals surface area contributed by atoms with Crippen molar-refractivity contribution in [2.75, 3.05) is 5.32 Å². The van der Waals surface area contributed by atoms with Crippen molar-refractivity contribution in [3.8, 4) is 0 Å². The van der Waals surface area contributed by atoms with Crippen LogP contribution in [0.25, 0.3) is 11.0 Å². The number of hydrogen-bond acceptors (Lipinski definition) is 4. The van der Waals surface area contributed by atoms with Gasteiger partial charge in [-0.3, -0.25) is 0 Å². The number of alkyl halides is 2. The van der Waals surface area contributed by atoms with Gasteiger partial charge in [0.05, 0.1) is 4.90 Å². The number of nitrogens with zero attached hydrogens (tertiary/aromatic N) is 1. The minimum Gasteiger partial charge on any atom is -0.368 e. The lowest BCUT2D eigenvalue weighted by molar-refractivity contribution is -0.0361. The number of hydrogen-bond donors (Lipinski definition) is 2. The first kappa shape index (κ1) is 17.9. The lowest BCUT2D eigenvalue weighted by atomic mass is 9.92. The number of fused-ring (bicyclic) bond motifs is 1. The number of benzene rings is 1. The van der Waals surface area contributed by atoms with E-state index < -0.39 is 15.8 Å². The van der Waals surface area contributed by atoms with Crippen LogP contribution in [0.3, 0.4) is 0 Å². The fourth-order valence-corrected chi connectivity index (χ4v) is 5.07. The molecular formula is C19H19F2N3O2S. The lowest BCUT2D eigenvalue weighted by Gasteiger charge is -2.29. The zero-order chi connectivity index (χ0) is 19.1. The molecule has 8 heteroatoms. The average molecular weight is 391 g/mol. The predicted octanol–water partition coefficient (Wildman–Crippen LogP) is 4.39. The number of H-pyrrole nitrogens is 1. The zero-order valence-electron chi connectivity index (χ0n) is 14.5. The number of aromatic amines is 1. The van der Waals surface area contributed by atoms with Gasteiger partial charge in [0.25, 0.3) is 0 Å². The van der Waals surface area contributed by atoms with Crippen LogP contribution in [0.15, 0.2) is 58.5 Å². The van der Waals surface area contributed by atoms with Gasteiger partial charge >= 0.3 is 0 Å². The Morgan fingerprint density at radius 3 is 2.48 bits per heavy atom. The standard InChI is InChI=1S/C19H19F2N3O2S/c20-19(21)10-8-13(9-11-19)23-18-16(15-7-4-12-22-17(15)24-18)27(25,26)14-5-2-1-3-6-14/h1-7,12-13,23H,8-11H2,(H,22,24). The van der Waals surface area contributed by atoms with Crippen LogP contribution in [0.1, 0.15) is 25.7 Å². The number of halogens is 2. The monoisotopic (exact) mass is 391 g/mol. The predicted molar refractivity (Wildman–Crippen MR) is 98.8 cm³/mol. The molecular weight excluding hydrogens is 372 g/mol. The molecule has 0 spiro atoms. The maximum Gasteiger partial charge on any atom is 0.248 e. The summed E-state index contributed by atoms with van der Waals surface area (Å²) in [6.07, 6.45) is 1.72. The van der Waals surface area contributed by atoms with E-state index in [-0.39, 0.29) is 41.5 Å². The summed E-state index contributed by atoms with van der Waals surface area (Å²) in [6, 6.07) is 11.3. The first-order chi connectivity index (χ1) is 12.9. The molecule has 1 fully saturated rings. The van der Waals surface area contributed by atoms with Crippen LogP contribution in [-0.2, 0) is 9.84 Å². The molecule has 0 saturated heterocycles. The Kier molecular flexibility index (Phi) is 4.38. The summed E-state index contributed by atoms with van der Waals surface area (Å²) in [5, 5.41) is 3.62. The van der Waals surface area contributed by atoms with E-state index in [0.29, 0.717) is 16.9 Å². The third-order valence-corrected chi connectivity index (χ3v) is 6.76. The Hall–Kier alpha value is -2.48. The third-order valence-electron chi connectivity index (χ3n) is 4.91. The summed E-state index contributed by atoms with van der Waals surface area (Å²) in [4.78, 5) is 7.50. The molecule has 2 N–H and O–H groups in total. The van der Waals surface area contributed by atoms with Gasteiger partial charge < -0.3 is 10.3 Å². The minimum absolute atomic E-state index is 0.106. The van der Waals surface area contributed by atoms with Gasteiger partial charge in [0.1, 0.15) is 16.4 Å². The highest BCUT2D eigenvalue weighted by atomic mass is 32.2. The summed E-state index contributed by atoms with van der Waals surface area (Å²) in [5.74, 6) is -2.33. The second kappa shape index (κ2) is 6.60. The van der Waals surface area contributed by atoms with Crippen LogP contribution in [0.4, 0.5) is 14.6 Å². The third kappa shape index (κ3) is 3.41. The first-order valence-electron chi connectivity index (χ1n) is 8.78. The van der Waals surface area contributed by atoms with E-state index in [9.17, 15) is 17.2 Å². The maximum atomic E-state index is 13.4. The molecule has 142 valence electrons. The van der Waals surface area contributed by atoms with Crippen molar-refractivity contribution >= 4 is 26.7 Å². The van der Waals surface area contributed by atoms with E-state index in [2.05, 4.69) is 15.3 Å². The van der Waals surface area contributed by atoms with Gasteiger partial charge in [-0.1, -0.05) is 18.2 Å². The molecule has 0 bridgehead atoms. The number of aromatic nitrogens is 2. The van der Waals surface area contributed by atoms with Gasteiger partial charge in [-0.15, -0.1) is 0 Å². The van der Waals surface area contributed by atoms with Crippen LogP contribution in [0, 0.1) is 0 Å². The highest BCUT2D eigenvalue weighted by molar-refractivity contribution is 7.92. The summed E-state index contributed by atoms with van der Waals surface area (Å²) in [7, 11) is -3.81. The van der Waals surface area contributed by atoms with Crippen LogP contribution in [0.2, 0.25) is 0 Å². The van der Waals surface area contributed by atoms with Crippen molar-refractivity contribution in [1.82, 2.24) is 9.97 Å². The molecule has 2 heterocycles. The van der Waals surface area contributed by atoms with Crippen molar-refractivity contribution in [2.24, 2.45) is 0 Å². The van der Waals surface area contributed by atoms with Crippen LogP contribution in [0.5, 0.6) is 0 Å². The van der Waals surface area contributed by atoms with Gasteiger partial charge in [-0.25, -0.2) is 22.2 Å². The number of rotatable bonds is 4. The van der Waals surface area contributed by atoms with Crippen molar-refractivity contribution in [2.45, 2.75) is 47.4 Å². The highest BCUT2D eigenvalue weighted by Gasteiger charge is 2.36. The molecule has 1 aromatic carbocycles. The summed E-state index contributed by atoms with van der Waals surface area (Å²) in [5.41, 5.74) is 0.440. The molecule has 27 heavy (non-hydrogen) atoms. The van der Waals surface area contributed by atoms with Crippen molar-refractivity contribution in [3.05, 3.63) is 48.7 Å². The van der Waals surface area contributed by atoms with Gasteiger partial charge in [0, 0.05) is 30.5 Å². The summed E-state index contributed by atoms with van der Waals surface area (Å²) >= 11 is 0. The second-order valence-corrected chi connectivity index (χ2v) is 8.71. The quantitative estimate of drug-likeness (QED) is 0.692. The van der Waals surface area contributed by atoms with Crippen molar-refractivity contribution in [1.29, 1.82) is 0 Å². The molecule has 1 aliphatic rings. The number of sulfone groups is 1. The Morgan fingerprint density at radius 2 is 1.78 bits per heavy atom. The zero-order valence-corrected chi connectivity index (χ0v) is 15.3. The molecule has 4 rings (SSSR count). The van der Waals surface area contributed by atoms with E-state index in [1.807, 2.05) is 0 Å². The van der Waals surface area contributed by atoms with Gasteiger partial charge in [0.15, 0.2) is 0 Å². The molecule has 2 aromatic heterocycles. The Labute approximate surface area is 155 Å². The molecule has 3 aromatic rings. The normalized spacial score (nSPS) is 17.9. The second-order valence-electron chi connectivity index (χ2n) is 6.82. The smallest absolute Gasteiger partial charge is 0.248 e. The molecule has 0 radical (unpaired) electrons. The summed E-state index contributed by atoms with van der Waals surface area (Å²) in [6.45, 7) is 0. The molecule has 5 nitrogen and oxygen atoms in total. The SMILES string of the molecule is O=S(=O)(c1ccccc1)c1c(NC2CCC(F)(F)CC2)[nH]c2ncccc12. The topological polar surface area (TPSA) is 74.8 Å². The van der Waals surface area contributed by atoms with Crippen LogP contribution >= 0.6 is 0 Å². The van der Waals surface area contributed by atoms with Crippen molar-refractivity contribution < 1.29 is 17.2 Å². The Morgan fingerprint density at radius 1 is 1.07 bits per heavy atom. The average Bonchev–Trinajstić information content (AvgIpc) is 3.03.